The molecular weight excluding hydrogens is 549 g/mol. The number of aryl methyl sites for hydroxylation is 2. The van der Waals surface area contributed by atoms with Crippen molar-refractivity contribution >= 4 is 42.4 Å². The van der Waals surface area contributed by atoms with Crippen LogP contribution in [-0.2, 0) is 37.7 Å². The van der Waals surface area contributed by atoms with Gasteiger partial charge in [0.15, 0.2) is 19.5 Å². The normalized spacial score (nSPS) is 14.2. The maximum Gasteiger partial charge on any atom is 0.303 e. The molecule has 0 spiro atoms. The fourth-order valence-electron chi connectivity index (χ4n) is 4.46. The van der Waals surface area contributed by atoms with E-state index in [1.165, 1.54) is 32.0 Å². The Morgan fingerprint density at radius 3 is 1.95 bits per heavy atom. The molecule has 2 rings (SSSR count). The van der Waals surface area contributed by atoms with Crippen LogP contribution in [0.3, 0.4) is 0 Å². The Morgan fingerprint density at radius 2 is 1.43 bits per heavy atom. The third-order valence-electron chi connectivity index (χ3n) is 6.88. The minimum Gasteiger partial charge on any atom is -0.481 e. The highest BCUT2D eigenvalue weighted by atomic mass is 32.1. The van der Waals surface area contributed by atoms with Crippen LogP contribution in [0.15, 0.2) is 36.4 Å². The van der Waals surface area contributed by atoms with Gasteiger partial charge in [0.25, 0.3) is 0 Å². The Balaban J connectivity index is 2.31. The average molecular weight is 603 g/mol. The van der Waals surface area contributed by atoms with Gasteiger partial charge in [-0.1, -0.05) is 72.7 Å². The monoisotopic (exact) mass is 602 g/mol. The second-order valence-electron chi connectivity index (χ2n) is 14.4. The van der Waals surface area contributed by atoms with Gasteiger partial charge in [-0.3, -0.25) is 4.79 Å². The number of carbonyl (C=O) groups is 1. The summed E-state index contributed by atoms with van der Waals surface area (Å²) in [6, 6.07) is 11.3. The molecule has 0 radical (unpaired) electrons. The number of carboxylic acid groups (broad SMARTS) is 1. The molecule has 0 fully saturated rings. The first-order valence-corrected chi connectivity index (χ1v) is 18.1. The van der Waals surface area contributed by atoms with Crippen LogP contribution in [0.1, 0.15) is 122 Å². The van der Waals surface area contributed by atoms with Crippen LogP contribution in [0.4, 0.5) is 0 Å². The van der Waals surface area contributed by atoms with Gasteiger partial charge in [0, 0.05) is 16.2 Å². The van der Waals surface area contributed by atoms with Crippen LogP contribution in [0.5, 0.6) is 0 Å². The topological polar surface area (TPSA) is 55.8 Å². The van der Waals surface area contributed by atoms with Gasteiger partial charge in [0.05, 0.1) is 11.2 Å². The zero-order chi connectivity index (χ0) is 30.4. The summed E-state index contributed by atoms with van der Waals surface area (Å²) in [5, 5.41) is 9.42. The molecule has 0 bridgehead atoms. The molecule has 0 aliphatic carbocycles. The number of benzene rings is 1. The minimum absolute atomic E-state index is 0.179. The quantitative estimate of drug-likeness (QED) is 0.221. The van der Waals surface area contributed by atoms with Crippen LogP contribution >= 0.6 is 11.3 Å². The van der Waals surface area contributed by atoms with E-state index in [1.807, 2.05) is 11.3 Å². The smallest absolute Gasteiger partial charge is 0.303 e. The van der Waals surface area contributed by atoms with Crippen LogP contribution in [0.2, 0.25) is 10.1 Å². The summed E-state index contributed by atoms with van der Waals surface area (Å²) in [7, 11) is -1.47. The van der Waals surface area contributed by atoms with E-state index in [0.29, 0.717) is 6.42 Å². The SMILES string of the molecule is CCC(=CCCC(=O)O)c1ccc(CCc2ccc(C(C)(C)O[SiH2]C(C)(C)C)c(C(C)(C)O[SiH2]C(C)(C)C)c2)s1. The molecule has 0 aliphatic heterocycles. The van der Waals surface area contributed by atoms with Gasteiger partial charge >= 0.3 is 5.97 Å². The predicted molar refractivity (Wildman–Crippen MR) is 178 cm³/mol. The molecule has 2 aromatic rings. The summed E-state index contributed by atoms with van der Waals surface area (Å²) in [4.78, 5) is 13.5. The fraction of sp³-hybridized carbons (Fsp3) is 0.606. The first-order chi connectivity index (χ1) is 18.3. The molecular formula is C33H54O4SSi2. The van der Waals surface area contributed by atoms with E-state index in [1.54, 1.807) is 0 Å². The second kappa shape index (κ2) is 14.1. The van der Waals surface area contributed by atoms with E-state index in [-0.39, 0.29) is 27.7 Å². The number of hydrogen-bond acceptors (Lipinski definition) is 4. The molecule has 224 valence electrons. The van der Waals surface area contributed by atoms with Crippen molar-refractivity contribution < 1.29 is 18.8 Å². The molecule has 0 atom stereocenters. The predicted octanol–water partition coefficient (Wildman–Crippen LogP) is 8.30. The van der Waals surface area contributed by atoms with Gasteiger partial charge in [-0.2, -0.15) is 0 Å². The molecule has 1 N–H and O–H groups in total. The van der Waals surface area contributed by atoms with Crippen molar-refractivity contribution in [3.05, 3.63) is 62.9 Å². The van der Waals surface area contributed by atoms with Crippen LogP contribution < -0.4 is 0 Å². The second-order valence-corrected chi connectivity index (χ2v) is 20.9. The van der Waals surface area contributed by atoms with Crippen LogP contribution in [0, 0.1) is 0 Å². The summed E-state index contributed by atoms with van der Waals surface area (Å²) in [6.45, 7) is 24.6. The summed E-state index contributed by atoms with van der Waals surface area (Å²) >= 11 is 1.83. The molecule has 0 amide bonds. The van der Waals surface area contributed by atoms with E-state index >= 15 is 0 Å². The fourth-order valence-corrected chi connectivity index (χ4v) is 7.48. The van der Waals surface area contributed by atoms with Crippen molar-refractivity contribution in [1.82, 2.24) is 0 Å². The number of hydrogen-bond donors (Lipinski definition) is 1. The van der Waals surface area contributed by atoms with Crippen molar-refractivity contribution in [1.29, 1.82) is 0 Å². The Labute approximate surface area is 252 Å². The lowest BCUT2D eigenvalue weighted by molar-refractivity contribution is -0.136. The summed E-state index contributed by atoms with van der Waals surface area (Å²) in [5.74, 6) is -0.746. The molecule has 1 aromatic heterocycles. The van der Waals surface area contributed by atoms with Crippen LogP contribution in [-0.4, -0.2) is 30.6 Å². The summed E-state index contributed by atoms with van der Waals surface area (Å²) in [6.07, 6.45) is 5.69. The molecule has 1 heterocycles. The molecule has 0 aliphatic rings. The van der Waals surface area contributed by atoms with Gasteiger partial charge < -0.3 is 14.0 Å². The van der Waals surface area contributed by atoms with Crippen molar-refractivity contribution in [2.45, 2.75) is 130 Å². The van der Waals surface area contributed by atoms with E-state index in [4.69, 9.17) is 14.0 Å². The highest BCUT2D eigenvalue weighted by Crippen LogP contribution is 2.39. The zero-order valence-electron chi connectivity index (χ0n) is 27.0. The molecule has 7 heteroatoms. The zero-order valence-corrected chi connectivity index (χ0v) is 30.6. The minimum atomic E-state index is -0.746. The lowest BCUT2D eigenvalue weighted by Gasteiger charge is -2.38. The largest absolute Gasteiger partial charge is 0.481 e. The number of aliphatic carboxylic acids is 1. The lowest BCUT2D eigenvalue weighted by Crippen LogP contribution is -2.34. The van der Waals surface area contributed by atoms with Gasteiger partial charge in [0.1, 0.15) is 0 Å². The molecule has 0 unspecified atom stereocenters. The van der Waals surface area contributed by atoms with Gasteiger partial charge in [-0.25, -0.2) is 0 Å². The standard InChI is InChI=1S/C33H54O4SSi2/c1-12-24(14-13-15-29(34)35)28-21-19-25(38-28)18-16-23-17-20-26(32(8,9)36-39-30(2,3)4)27(22-23)33(10,11)37-40-31(5,6)7/h14,17,19-22H,12-13,15-16,18,39-40H2,1-11H3,(H,34,35). The average Bonchev–Trinajstić information content (AvgIpc) is 3.31. The van der Waals surface area contributed by atoms with Crippen molar-refractivity contribution in [3.8, 4) is 0 Å². The van der Waals surface area contributed by atoms with Crippen molar-refractivity contribution in [3.63, 3.8) is 0 Å². The van der Waals surface area contributed by atoms with Crippen molar-refractivity contribution in [2.75, 3.05) is 0 Å². The Morgan fingerprint density at radius 1 is 0.850 bits per heavy atom. The Bertz CT molecular complexity index is 1150. The van der Waals surface area contributed by atoms with Gasteiger partial charge in [-0.15, -0.1) is 11.3 Å². The first kappa shape index (κ1) is 34.7. The number of carboxylic acids is 1. The molecule has 0 saturated heterocycles. The third-order valence-corrected chi connectivity index (χ3v) is 11.6. The summed E-state index contributed by atoms with van der Waals surface area (Å²) in [5.41, 5.74) is 4.28. The van der Waals surface area contributed by atoms with E-state index in [9.17, 15) is 4.79 Å². The highest BCUT2D eigenvalue weighted by Gasteiger charge is 2.33. The van der Waals surface area contributed by atoms with Crippen molar-refractivity contribution in [2.24, 2.45) is 0 Å². The van der Waals surface area contributed by atoms with E-state index in [0.717, 1.165) is 19.3 Å². The van der Waals surface area contributed by atoms with Crippen LogP contribution in [0.25, 0.3) is 5.57 Å². The lowest BCUT2D eigenvalue weighted by atomic mass is 9.84. The molecule has 40 heavy (non-hydrogen) atoms. The highest BCUT2D eigenvalue weighted by molar-refractivity contribution is 7.13. The number of thiophene rings is 1. The molecule has 0 saturated carbocycles. The molecule has 1 aromatic carbocycles. The summed E-state index contributed by atoms with van der Waals surface area (Å²) < 4.78 is 13.4. The Hall–Kier alpha value is -1.52. The first-order valence-electron chi connectivity index (χ1n) is 14.7. The third kappa shape index (κ3) is 11.4. The maximum atomic E-state index is 10.9. The molecule has 4 nitrogen and oxygen atoms in total. The van der Waals surface area contributed by atoms with Gasteiger partial charge in [-0.05, 0) is 97.9 Å². The maximum absolute atomic E-state index is 10.9. The van der Waals surface area contributed by atoms with E-state index < -0.39 is 25.5 Å². The number of rotatable bonds is 14. The van der Waals surface area contributed by atoms with E-state index in [2.05, 4.69) is 113 Å². The Kier molecular flexibility index (Phi) is 12.2. The van der Waals surface area contributed by atoms with Gasteiger partial charge in [0.2, 0.25) is 0 Å². The number of allylic oxidation sites excluding steroid dienone is 2.